The molecule has 1 aromatic rings. The number of rotatable bonds is 6. The molecular formula is C18H27F2NO2. The van der Waals surface area contributed by atoms with Crippen LogP contribution in [0.1, 0.15) is 38.7 Å². The number of aliphatic hydroxyl groups is 1. The van der Waals surface area contributed by atoms with E-state index in [9.17, 15) is 13.9 Å². The summed E-state index contributed by atoms with van der Waals surface area (Å²) in [5.41, 5.74) is 0.613. The van der Waals surface area contributed by atoms with Gasteiger partial charge in [0.05, 0.1) is 13.2 Å². The minimum absolute atomic E-state index is 0.243. The van der Waals surface area contributed by atoms with E-state index in [0.717, 1.165) is 32.4 Å². The summed E-state index contributed by atoms with van der Waals surface area (Å²) in [7, 11) is 1.26. The first-order valence-electron chi connectivity index (χ1n) is 8.33. The number of piperidine rings is 1. The molecule has 1 fully saturated rings. The molecule has 1 saturated heterocycles. The van der Waals surface area contributed by atoms with E-state index < -0.39 is 11.6 Å². The Balaban J connectivity index is 1.89. The van der Waals surface area contributed by atoms with Gasteiger partial charge in [-0.15, -0.1) is 0 Å². The van der Waals surface area contributed by atoms with Crippen LogP contribution in [0.25, 0.3) is 0 Å². The lowest BCUT2D eigenvalue weighted by Crippen LogP contribution is -2.37. The molecule has 3 nitrogen and oxygen atoms in total. The molecule has 0 unspecified atom stereocenters. The van der Waals surface area contributed by atoms with Gasteiger partial charge < -0.3 is 9.84 Å². The first-order chi connectivity index (χ1) is 10.9. The summed E-state index contributed by atoms with van der Waals surface area (Å²) >= 11 is 0. The number of hydrogen-bond acceptors (Lipinski definition) is 3. The first kappa shape index (κ1) is 18.1. The Labute approximate surface area is 137 Å². The molecular weight excluding hydrogens is 300 g/mol. The van der Waals surface area contributed by atoms with Crippen LogP contribution in [0.4, 0.5) is 8.78 Å². The molecule has 1 aliphatic rings. The zero-order valence-corrected chi connectivity index (χ0v) is 14.2. The van der Waals surface area contributed by atoms with E-state index in [0.29, 0.717) is 23.9 Å². The van der Waals surface area contributed by atoms with Gasteiger partial charge in [-0.3, -0.25) is 4.90 Å². The van der Waals surface area contributed by atoms with Crippen LogP contribution in [0.5, 0.6) is 5.75 Å². The van der Waals surface area contributed by atoms with E-state index in [-0.39, 0.29) is 11.9 Å². The van der Waals surface area contributed by atoms with Crippen LogP contribution in [0.2, 0.25) is 0 Å². The molecule has 0 aliphatic carbocycles. The maximum atomic E-state index is 13.7. The summed E-state index contributed by atoms with van der Waals surface area (Å²) in [4.78, 5) is 2.18. The normalized spacial score (nSPS) is 18.4. The van der Waals surface area contributed by atoms with E-state index in [1.54, 1.807) is 0 Å². The highest BCUT2D eigenvalue weighted by molar-refractivity contribution is 5.31. The number of aliphatic hydroxyl groups excluding tert-OH is 1. The van der Waals surface area contributed by atoms with Crippen molar-refractivity contribution >= 4 is 0 Å². The number of likely N-dealkylation sites (tertiary alicyclic amines) is 1. The van der Waals surface area contributed by atoms with Crippen molar-refractivity contribution in [2.45, 2.75) is 45.8 Å². The van der Waals surface area contributed by atoms with E-state index in [4.69, 9.17) is 4.74 Å². The van der Waals surface area contributed by atoms with Gasteiger partial charge in [0.25, 0.3) is 0 Å². The third-order valence-electron chi connectivity index (χ3n) is 4.56. The van der Waals surface area contributed by atoms with Crippen molar-refractivity contribution in [3.63, 3.8) is 0 Å². The summed E-state index contributed by atoms with van der Waals surface area (Å²) in [6.07, 6.45) is 2.44. The van der Waals surface area contributed by atoms with Gasteiger partial charge in [-0.1, -0.05) is 13.8 Å². The number of hydrogen-bond donors (Lipinski definition) is 1. The van der Waals surface area contributed by atoms with Crippen LogP contribution in [-0.4, -0.2) is 36.3 Å². The summed E-state index contributed by atoms with van der Waals surface area (Å²) in [5, 5.41) is 10.2. The molecule has 0 amide bonds. The molecule has 2 rings (SSSR count). The van der Waals surface area contributed by atoms with Gasteiger partial charge in [0.2, 0.25) is 0 Å². The third-order valence-corrected chi connectivity index (χ3v) is 4.56. The Kier molecular flexibility index (Phi) is 6.36. The van der Waals surface area contributed by atoms with Crippen molar-refractivity contribution < 1.29 is 18.6 Å². The zero-order valence-electron chi connectivity index (χ0n) is 14.2. The summed E-state index contributed by atoms with van der Waals surface area (Å²) in [5.74, 6) is -0.829. The Bertz CT molecular complexity index is 491. The van der Waals surface area contributed by atoms with Gasteiger partial charge >= 0.3 is 0 Å². The van der Waals surface area contributed by atoms with Crippen LogP contribution in [0.3, 0.4) is 0 Å². The lowest BCUT2D eigenvalue weighted by Gasteiger charge is -2.34. The molecule has 23 heavy (non-hydrogen) atoms. The Morgan fingerprint density at radius 2 is 1.78 bits per heavy atom. The Morgan fingerprint density at radius 3 is 2.26 bits per heavy atom. The summed E-state index contributed by atoms with van der Waals surface area (Å²) in [6.45, 7) is 6.44. The van der Waals surface area contributed by atoms with Crippen molar-refractivity contribution in [2.75, 3.05) is 20.2 Å². The zero-order chi connectivity index (χ0) is 17.0. The topological polar surface area (TPSA) is 32.7 Å². The molecule has 0 radical (unpaired) electrons. The average Bonchev–Trinajstić information content (AvgIpc) is 2.47. The number of benzene rings is 1. The van der Waals surface area contributed by atoms with Crippen LogP contribution < -0.4 is 4.74 Å². The van der Waals surface area contributed by atoms with Gasteiger partial charge in [0.15, 0.2) is 17.4 Å². The molecule has 0 bridgehead atoms. The predicted molar refractivity (Wildman–Crippen MR) is 86.4 cm³/mol. The van der Waals surface area contributed by atoms with Crippen LogP contribution in [0.15, 0.2) is 12.1 Å². The van der Waals surface area contributed by atoms with Gasteiger partial charge in [-0.05, 0) is 61.9 Å². The Hall–Kier alpha value is -1.20. The SMILES string of the molecule is COc1c(F)cc(CN2CCC([C@@H](O)CC(C)C)CC2)cc1F. The molecule has 1 aromatic carbocycles. The summed E-state index contributed by atoms with van der Waals surface area (Å²) in [6, 6.07) is 2.67. The lowest BCUT2D eigenvalue weighted by molar-refractivity contribution is 0.0436. The molecule has 0 saturated carbocycles. The van der Waals surface area contributed by atoms with Gasteiger partial charge in [-0.25, -0.2) is 8.78 Å². The van der Waals surface area contributed by atoms with Gasteiger partial charge in [0.1, 0.15) is 0 Å². The Morgan fingerprint density at radius 1 is 1.22 bits per heavy atom. The van der Waals surface area contributed by atoms with Crippen molar-refractivity contribution in [1.82, 2.24) is 4.90 Å². The quantitative estimate of drug-likeness (QED) is 0.867. The second kappa shape index (κ2) is 8.06. The molecule has 1 N–H and O–H groups in total. The van der Waals surface area contributed by atoms with E-state index in [1.165, 1.54) is 19.2 Å². The molecule has 1 aliphatic heterocycles. The number of ether oxygens (including phenoxy) is 1. The van der Waals surface area contributed by atoms with Crippen LogP contribution in [-0.2, 0) is 6.54 Å². The fourth-order valence-electron chi connectivity index (χ4n) is 3.33. The predicted octanol–water partition coefficient (Wildman–Crippen LogP) is 3.59. The van der Waals surface area contributed by atoms with Gasteiger partial charge in [0, 0.05) is 6.54 Å². The molecule has 1 heterocycles. The minimum Gasteiger partial charge on any atom is -0.491 e. The monoisotopic (exact) mass is 327 g/mol. The smallest absolute Gasteiger partial charge is 0.190 e. The largest absolute Gasteiger partial charge is 0.491 e. The molecule has 5 heteroatoms. The highest BCUT2D eigenvalue weighted by Crippen LogP contribution is 2.27. The van der Waals surface area contributed by atoms with E-state index >= 15 is 0 Å². The molecule has 0 aromatic heterocycles. The van der Waals surface area contributed by atoms with Crippen LogP contribution >= 0.6 is 0 Å². The number of halogens is 2. The number of methoxy groups -OCH3 is 1. The lowest BCUT2D eigenvalue weighted by atomic mass is 9.87. The van der Waals surface area contributed by atoms with Crippen molar-refractivity contribution in [1.29, 1.82) is 0 Å². The second-order valence-corrected chi connectivity index (χ2v) is 6.90. The first-order valence-corrected chi connectivity index (χ1v) is 8.33. The second-order valence-electron chi connectivity index (χ2n) is 6.90. The fraction of sp³-hybridized carbons (Fsp3) is 0.667. The van der Waals surface area contributed by atoms with Crippen molar-refractivity contribution in [3.05, 3.63) is 29.3 Å². The van der Waals surface area contributed by atoms with Crippen molar-refractivity contribution in [2.24, 2.45) is 11.8 Å². The number of nitrogens with zero attached hydrogens (tertiary/aromatic N) is 1. The third kappa shape index (κ3) is 4.88. The minimum atomic E-state index is -0.662. The molecule has 130 valence electrons. The maximum Gasteiger partial charge on any atom is 0.190 e. The molecule has 1 atom stereocenters. The molecule has 0 spiro atoms. The maximum absolute atomic E-state index is 13.7. The van der Waals surface area contributed by atoms with Crippen LogP contribution in [0, 0.1) is 23.5 Å². The van der Waals surface area contributed by atoms with E-state index in [2.05, 4.69) is 18.7 Å². The van der Waals surface area contributed by atoms with Crippen molar-refractivity contribution in [3.8, 4) is 5.75 Å². The van der Waals surface area contributed by atoms with Gasteiger partial charge in [-0.2, -0.15) is 0 Å². The standard InChI is InChI=1S/C18H27F2NO2/c1-12(2)8-17(22)14-4-6-21(7-5-14)11-13-9-15(19)18(23-3)16(20)10-13/h9-10,12,14,17,22H,4-8,11H2,1-3H3/t17-/m0/s1. The van der Waals surface area contributed by atoms with E-state index in [1.807, 2.05) is 0 Å². The highest BCUT2D eigenvalue weighted by atomic mass is 19.1. The average molecular weight is 327 g/mol. The fourth-order valence-corrected chi connectivity index (χ4v) is 3.33. The summed E-state index contributed by atoms with van der Waals surface area (Å²) < 4.78 is 32.2. The highest BCUT2D eigenvalue weighted by Gasteiger charge is 2.26.